The number of carbonyl (C=O) groups excluding carboxylic acids is 2. The number of hydrogen-bond acceptors (Lipinski definition) is 5. The number of amides is 2. The highest BCUT2D eigenvalue weighted by Crippen LogP contribution is 2.28. The number of carbonyl (C=O) groups is 2. The molecular formula is C24H22N6O2. The summed E-state index contributed by atoms with van der Waals surface area (Å²) >= 11 is 0. The summed E-state index contributed by atoms with van der Waals surface area (Å²) in [7, 11) is 0. The van der Waals surface area contributed by atoms with Gasteiger partial charge in [-0.25, -0.2) is 9.97 Å². The van der Waals surface area contributed by atoms with Crippen LogP contribution in [-0.2, 0) is 4.79 Å². The van der Waals surface area contributed by atoms with Crippen LogP contribution >= 0.6 is 0 Å². The summed E-state index contributed by atoms with van der Waals surface area (Å²) < 4.78 is 1.93. The van der Waals surface area contributed by atoms with E-state index in [-0.39, 0.29) is 12.5 Å². The Morgan fingerprint density at radius 3 is 2.47 bits per heavy atom. The van der Waals surface area contributed by atoms with E-state index in [1.54, 1.807) is 6.20 Å². The standard InChI is InChI=1S/C24H22N6O2/c25-21(31)13-26-22-23-27-12-20(30(23)14-19(29-22)15-4-2-1-3-5-15)16-6-8-17(9-7-16)24(32)28-18-10-11-18/h1-9,12,14,18H,10-11,13H2,(H2,25,31)(H,26,29)(H,28,32). The molecule has 0 spiro atoms. The van der Waals surface area contributed by atoms with Crippen LogP contribution in [0.15, 0.2) is 67.0 Å². The van der Waals surface area contributed by atoms with Crippen LogP contribution in [0.3, 0.4) is 0 Å². The number of nitrogens with two attached hydrogens (primary N) is 1. The molecule has 8 heteroatoms. The summed E-state index contributed by atoms with van der Waals surface area (Å²) in [6.07, 6.45) is 5.77. The zero-order valence-corrected chi connectivity index (χ0v) is 17.3. The Hall–Kier alpha value is -4.20. The van der Waals surface area contributed by atoms with Crippen molar-refractivity contribution < 1.29 is 9.59 Å². The van der Waals surface area contributed by atoms with Crippen molar-refractivity contribution in [2.75, 3.05) is 11.9 Å². The highest BCUT2D eigenvalue weighted by Gasteiger charge is 2.23. The van der Waals surface area contributed by atoms with Gasteiger partial charge in [-0.3, -0.25) is 14.0 Å². The van der Waals surface area contributed by atoms with E-state index in [0.717, 1.165) is 35.4 Å². The maximum atomic E-state index is 12.3. The van der Waals surface area contributed by atoms with Gasteiger partial charge in [0.15, 0.2) is 11.5 Å². The lowest BCUT2D eigenvalue weighted by Gasteiger charge is -2.11. The average molecular weight is 426 g/mol. The van der Waals surface area contributed by atoms with Gasteiger partial charge in [0.25, 0.3) is 5.91 Å². The molecule has 0 aliphatic heterocycles. The molecule has 1 aliphatic carbocycles. The summed E-state index contributed by atoms with van der Waals surface area (Å²) in [5, 5.41) is 5.99. The molecule has 2 aromatic heterocycles. The van der Waals surface area contributed by atoms with Gasteiger partial charge in [0, 0.05) is 28.9 Å². The molecule has 1 aliphatic rings. The number of nitrogens with one attached hydrogen (secondary N) is 2. The van der Waals surface area contributed by atoms with E-state index < -0.39 is 5.91 Å². The second kappa shape index (κ2) is 8.14. The van der Waals surface area contributed by atoms with E-state index in [9.17, 15) is 9.59 Å². The molecule has 4 N–H and O–H groups in total. The zero-order valence-electron chi connectivity index (χ0n) is 17.3. The molecule has 0 bridgehead atoms. The maximum absolute atomic E-state index is 12.3. The molecule has 0 atom stereocenters. The molecule has 160 valence electrons. The number of rotatable bonds is 7. The number of aromatic nitrogens is 3. The molecule has 1 saturated carbocycles. The van der Waals surface area contributed by atoms with Gasteiger partial charge >= 0.3 is 0 Å². The third-order valence-corrected chi connectivity index (χ3v) is 5.35. The minimum atomic E-state index is -0.484. The monoisotopic (exact) mass is 426 g/mol. The largest absolute Gasteiger partial charge is 0.368 e. The van der Waals surface area contributed by atoms with Crippen molar-refractivity contribution in [1.29, 1.82) is 0 Å². The van der Waals surface area contributed by atoms with E-state index >= 15 is 0 Å². The first kappa shape index (κ1) is 19.7. The normalized spacial score (nSPS) is 13.1. The lowest BCUT2D eigenvalue weighted by Crippen LogP contribution is -2.25. The van der Waals surface area contributed by atoms with Crippen LogP contribution in [0.4, 0.5) is 5.82 Å². The summed E-state index contributed by atoms with van der Waals surface area (Å²) in [6, 6.07) is 17.5. The van der Waals surface area contributed by atoms with Crippen molar-refractivity contribution in [3.8, 4) is 22.5 Å². The number of nitrogens with zero attached hydrogens (tertiary/aromatic N) is 3. The first-order chi connectivity index (χ1) is 15.6. The summed E-state index contributed by atoms with van der Waals surface area (Å²) in [5.74, 6) is -0.0653. The van der Waals surface area contributed by atoms with Crippen LogP contribution in [0.2, 0.25) is 0 Å². The number of fused-ring (bicyclic) bond motifs is 1. The van der Waals surface area contributed by atoms with Gasteiger partial charge in [0.1, 0.15) is 0 Å². The van der Waals surface area contributed by atoms with Crippen LogP contribution < -0.4 is 16.4 Å². The van der Waals surface area contributed by atoms with Crippen LogP contribution in [0.1, 0.15) is 23.2 Å². The van der Waals surface area contributed by atoms with Crippen molar-refractivity contribution in [3.63, 3.8) is 0 Å². The van der Waals surface area contributed by atoms with Crippen molar-refractivity contribution in [2.24, 2.45) is 5.73 Å². The first-order valence-electron chi connectivity index (χ1n) is 10.5. The van der Waals surface area contributed by atoms with Crippen molar-refractivity contribution in [2.45, 2.75) is 18.9 Å². The summed E-state index contributed by atoms with van der Waals surface area (Å²) in [5.41, 5.74) is 9.94. The summed E-state index contributed by atoms with van der Waals surface area (Å²) in [4.78, 5) is 32.8. The van der Waals surface area contributed by atoms with E-state index in [4.69, 9.17) is 5.73 Å². The van der Waals surface area contributed by atoms with Gasteiger partial charge in [0.05, 0.1) is 24.1 Å². The number of hydrogen-bond donors (Lipinski definition) is 3. The zero-order chi connectivity index (χ0) is 22.1. The Labute approximate surface area is 184 Å². The van der Waals surface area contributed by atoms with Gasteiger partial charge in [0.2, 0.25) is 5.91 Å². The number of primary amides is 1. The molecule has 0 radical (unpaired) electrons. The highest BCUT2D eigenvalue weighted by molar-refractivity contribution is 5.95. The summed E-state index contributed by atoms with van der Waals surface area (Å²) in [6.45, 7) is -0.0477. The van der Waals surface area contributed by atoms with E-state index in [0.29, 0.717) is 23.1 Å². The Bertz CT molecular complexity index is 1290. The van der Waals surface area contributed by atoms with Crippen LogP contribution in [0.25, 0.3) is 28.2 Å². The average Bonchev–Trinajstić information content (AvgIpc) is 3.53. The highest BCUT2D eigenvalue weighted by atomic mass is 16.2. The second-order valence-electron chi connectivity index (χ2n) is 7.82. The van der Waals surface area contributed by atoms with E-state index in [1.807, 2.05) is 65.2 Å². The molecule has 4 aromatic rings. The third kappa shape index (κ3) is 4.02. The first-order valence-corrected chi connectivity index (χ1v) is 10.5. The fourth-order valence-corrected chi connectivity index (χ4v) is 3.53. The smallest absolute Gasteiger partial charge is 0.251 e. The Kier molecular flexibility index (Phi) is 5.03. The number of imidazole rings is 1. The maximum Gasteiger partial charge on any atom is 0.251 e. The van der Waals surface area contributed by atoms with Crippen molar-refractivity contribution in [3.05, 3.63) is 72.6 Å². The minimum Gasteiger partial charge on any atom is -0.368 e. The quantitative estimate of drug-likeness (QED) is 0.420. The Morgan fingerprint density at radius 2 is 1.78 bits per heavy atom. The molecule has 0 saturated heterocycles. The van der Waals surface area contributed by atoms with Gasteiger partial charge in [-0.2, -0.15) is 0 Å². The molecule has 32 heavy (non-hydrogen) atoms. The molecule has 2 heterocycles. The molecule has 0 unspecified atom stereocenters. The predicted molar refractivity (Wildman–Crippen MR) is 122 cm³/mol. The number of anilines is 1. The topological polar surface area (TPSA) is 114 Å². The lowest BCUT2D eigenvalue weighted by molar-refractivity contribution is -0.116. The fraction of sp³-hybridized carbons (Fsp3) is 0.167. The Balaban J connectivity index is 1.55. The molecule has 5 rings (SSSR count). The van der Waals surface area contributed by atoms with Crippen LogP contribution in [-0.4, -0.2) is 38.8 Å². The minimum absolute atomic E-state index is 0.0477. The second-order valence-corrected chi connectivity index (χ2v) is 7.82. The van der Waals surface area contributed by atoms with E-state index in [1.165, 1.54) is 0 Å². The van der Waals surface area contributed by atoms with Crippen molar-refractivity contribution >= 4 is 23.3 Å². The Morgan fingerprint density at radius 1 is 1.03 bits per heavy atom. The van der Waals surface area contributed by atoms with Gasteiger partial charge in [-0.05, 0) is 25.0 Å². The van der Waals surface area contributed by atoms with Crippen molar-refractivity contribution in [1.82, 2.24) is 19.7 Å². The van der Waals surface area contributed by atoms with E-state index in [2.05, 4.69) is 20.6 Å². The molecule has 1 fully saturated rings. The number of benzene rings is 2. The predicted octanol–water partition coefficient (Wildman–Crippen LogP) is 2.85. The SMILES string of the molecule is NC(=O)CNc1nc(-c2ccccc2)cn2c(-c3ccc(C(=O)NC4CC4)cc3)cnc12. The molecule has 2 amide bonds. The molecule has 8 nitrogen and oxygen atoms in total. The lowest BCUT2D eigenvalue weighted by atomic mass is 10.1. The van der Waals surface area contributed by atoms with Gasteiger partial charge < -0.3 is 16.4 Å². The fourth-order valence-electron chi connectivity index (χ4n) is 3.53. The van der Waals surface area contributed by atoms with Crippen LogP contribution in [0.5, 0.6) is 0 Å². The van der Waals surface area contributed by atoms with Gasteiger partial charge in [-0.15, -0.1) is 0 Å². The third-order valence-electron chi connectivity index (χ3n) is 5.35. The molecular weight excluding hydrogens is 404 g/mol. The van der Waals surface area contributed by atoms with Gasteiger partial charge in [-0.1, -0.05) is 42.5 Å². The van der Waals surface area contributed by atoms with Crippen LogP contribution in [0, 0.1) is 0 Å². The molecule has 2 aromatic carbocycles.